The molecule has 1 atom stereocenters. The summed E-state index contributed by atoms with van der Waals surface area (Å²) in [6, 6.07) is -11.0. The number of fused-ring (bicyclic) bond motifs is 1. The Labute approximate surface area is 222 Å². The average molecular weight is 471 g/mol. The Hall–Kier alpha value is -3.23. The molecule has 172 valence electrons. The molecule has 2 aromatic carbocycles. The molecule has 2 aromatic rings. The summed E-state index contributed by atoms with van der Waals surface area (Å²) in [6.45, 7) is -26.4. The Bertz CT molecular complexity index is 1970. The van der Waals surface area contributed by atoms with E-state index in [0.29, 0.717) is 4.90 Å². The zero-order valence-electron chi connectivity index (χ0n) is 37.4. The van der Waals surface area contributed by atoms with Gasteiger partial charge >= 0.3 is 0 Å². The van der Waals surface area contributed by atoms with Gasteiger partial charge in [0.15, 0.2) is 0 Å². The minimum atomic E-state index is -3.97. The Morgan fingerprint density at radius 3 is 2.64 bits per heavy atom. The van der Waals surface area contributed by atoms with Gasteiger partial charge in [-0.3, -0.25) is 24.6 Å². The van der Waals surface area contributed by atoms with Crippen molar-refractivity contribution in [3.8, 4) is 5.75 Å². The van der Waals surface area contributed by atoms with Gasteiger partial charge in [-0.05, 0) is 29.6 Å². The molecule has 3 amide bonds. The van der Waals surface area contributed by atoms with Crippen molar-refractivity contribution in [1.29, 1.82) is 0 Å². The third-order valence-corrected chi connectivity index (χ3v) is 4.55. The van der Waals surface area contributed by atoms with Crippen LogP contribution in [-0.4, -0.2) is 59.7 Å². The number of hydrogen-bond acceptors (Lipinski definition) is 6. The smallest absolute Gasteiger partial charge is 0.255 e. The SMILES string of the molecule is [2H]c1c([2H])c(OC([2H])([2H])c2c([2H])c([2H])c(C([2H])([2H])N3C([2H])([2H])C([2H])([2H])OC([2H])([2H])C3([2H])[2H])c([2H])c2[2H])c2c(c1[2H])C(=O)N([C@@H]1CCC(=O)NC1=O)C2([2H])[2H]. The largest absolute Gasteiger partial charge is 0.489 e. The molecule has 0 unspecified atom stereocenters. The number of benzene rings is 2. The normalized spacial score (nSPS) is 38.9. The Morgan fingerprint density at radius 2 is 1.88 bits per heavy atom. The summed E-state index contributed by atoms with van der Waals surface area (Å²) in [4.78, 5) is 37.7. The van der Waals surface area contributed by atoms with E-state index in [2.05, 4.69) is 4.74 Å². The van der Waals surface area contributed by atoms with Gasteiger partial charge in [0.1, 0.15) is 18.4 Å². The molecule has 33 heavy (non-hydrogen) atoms. The van der Waals surface area contributed by atoms with Gasteiger partial charge in [-0.25, -0.2) is 0 Å². The molecule has 3 heterocycles. The van der Waals surface area contributed by atoms with E-state index in [1.54, 1.807) is 0 Å². The number of amides is 3. The second-order valence-corrected chi connectivity index (χ2v) is 6.64. The molecule has 0 radical (unpaired) electrons. The zero-order valence-corrected chi connectivity index (χ0v) is 16.4. The monoisotopic (exact) mass is 470 g/mol. The number of carbonyl (C=O) groups excluding carboxylic acids is 3. The predicted molar refractivity (Wildman–Crippen MR) is 119 cm³/mol. The number of nitrogens with one attached hydrogen (secondary N) is 1. The van der Waals surface area contributed by atoms with Crippen molar-refractivity contribution in [1.82, 2.24) is 15.1 Å². The first-order valence-electron chi connectivity index (χ1n) is 19.9. The van der Waals surface area contributed by atoms with Crippen LogP contribution in [0.25, 0.3) is 0 Å². The van der Waals surface area contributed by atoms with Crippen LogP contribution in [0, 0.1) is 0 Å². The van der Waals surface area contributed by atoms with Crippen LogP contribution in [0.5, 0.6) is 5.75 Å². The lowest BCUT2D eigenvalue weighted by atomic mass is 10.0. The third-order valence-electron chi connectivity index (χ3n) is 4.55. The lowest BCUT2D eigenvalue weighted by Crippen LogP contribution is -2.52. The van der Waals surface area contributed by atoms with E-state index in [0.717, 1.165) is 0 Å². The van der Waals surface area contributed by atoms with Crippen LogP contribution in [0.3, 0.4) is 0 Å². The first-order chi connectivity index (χ1) is 24.2. The predicted octanol–water partition coefficient (Wildman–Crippen LogP) is 1.86. The highest BCUT2D eigenvalue weighted by Gasteiger charge is 2.40. The molecular formula is C25H27N3O5. The van der Waals surface area contributed by atoms with Gasteiger partial charge in [-0.1, -0.05) is 30.2 Å². The summed E-state index contributed by atoms with van der Waals surface area (Å²) < 4.78 is 185. The van der Waals surface area contributed by atoms with Gasteiger partial charge in [0.25, 0.3) is 5.91 Å². The number of rotatable bonds is 6. The molecule has 3 aliphatic rings. The maximum atomic E-state index is 13.6. The number of ether oxygens (including phenoxy) is 2. The van der Waals surface area contributed by atoms with E-state index in [9.17, 15) is 14.4 Å². The maximum Gasteiger partial charge on any atom is 0.255 e. The highest BCUT2D eigenvalue weighted by Crippen LogP contribution is 2.34. The van der Waals surface area contributed by atoms with Crippen molar-refractivity contribution >= 4 is 17.7 Å². The van der Waals surface area contributed by atoms with Crippen molar-refractivity contribution in [2.45, 2.75) is 38.4 Å². The van der Waals surface area contributed by atoms with Gasteiger partial charge in [-0.2, -0.15) is 0 Å². The van der Waals surface area contributed by atoms with Crippen molar-refractivity contribution in [3.63, 3.8) is 0 Å². The molecule has 1 N–H and O–H groups in total. The van der Waals surface area contributed by atoms with E-state index in [1.807, 2.05) is 5.32 Å². The zero-order chi connectivity index (χ0) is 41.4. The molecule has 5 rings (SSSR count). The lowest BCUT2D eigenvalue weighted by molar-refractivity contribution is -0.136. The second kappa shape index (κ2) is 9.33. The molecule has 0 spiro atoms. The second-order valence-electron chi connectivity index (χ2n) is 6.64. The molecule has 8 heteroatoms. The third kappa shape index (κ3) is 4.62. The number of hydrogen-bond donors (Lipinski definition) is 1. The van der Waals surface area contributed by atoms with Gasteiger partial charge in [-0.15, -0.1) is 0 Å². The lowest BCUT2D eigenvalue weighted by Gasteiger charge is -2.29. The van der Waals surface area contributed by atoms with Crippen molar-refractivity contribution in [2.75, 3.05) is 26.1 Å². The van der Waals surface area contributed by atoms with Crippen LogP contribution in [0.2, 0.25) is 0 Å². The van der Waals surface area contributed by atoms with Crippen LogP contribution >= 0.6 is 0 Å². The highest BCUT2D eigenvalue weighted by molar-refractivity contribution is 6.05. The number of carbonyl (C=O) groups is 3. The summed E-state index contributed by atoms with van der Waals surface area (Å²) in [6.07, 6.45) is -0.723. The van der Waals surface area contributed by atoms with Crippen LogP contribution in [0.4, 0.5) is 0 Å². The first kappa shape index (κ1) is 8.21. The fourth-order valence-electron chi connectivity index (χ4n) is 3.05. The fourth-order valence-corrected chi connectivity index (χ4v) is 3.05. The molecule has 0 bridgehead atoms. The highest BCUT2D eigenvalue weighted by atomic mass is 16.5. The Morgan fingerprint density at radius 1 is 1.12 bits per heavy atom. The summed E-state index contributed by atoms with van der Waals surface area (Å²) in [5.74, 6) is -4.46. The van der Waals surface area contributed by atoms with Gasteiger partial charge in [0.2, 0.25) is 11.8 Å². The quantitative estimate of drug-likeness (QED) is 0.649. The van der Waals surface area contributed by atoms with E-state index in [1.165, 1.54) is 0 Å². The summed E-state index contributed by atoms with van der Waals surface area (Å²) in [7, 11) is 0. The van der Waals surface area contributed by atoms with Crippen LogP contribution in [0.1, 0.15) is 68.7 Å². The Kier molecular flexibility index (Phi) is 2.32. The van der Waals surface area contributed by atoms with Gasteiger partial charge in [0.05, 0.1) is 40.2 Å². The first-order valence-corrected chi connectivity index (χ1v) is 9.36. The van der Waals surface area contributed by atoms with Crippen molar-refractivity contribution in [2.24, 2.45) is 0 Å². The topological polar surface area (TPSA) is 88.2 Å². The average Bonchev–Trinajstić information content (AvgIpc) is 3.20. The molecule has 8 nitrogen and oxygen atoms in total. The maximum absolute atomic E-state index is 13.6. The van der Waals surface area contributed by atoms with E-state index in [4.69, 9.17) is 33.5 Å². The number of nitrogens with zero attached hydrogens (tertiary/aromatic N) is 2. The van der Waals surface area contributed by atoms with E-state index < -0.39 is 145 Å². The van der Waals surface area contributed by atoms with Crippen molar-refractivity contribution in [3.05, 3.63) is 64.6 Å². The van der Waals surface area contributed by atoms with Crippen LogP contribution in [-0.2, 0) is 33.9 Å². The molecule has 0 aromatic heterocycles. The van der Waals surface area contributed by atoms with E-state index in [-0.39, 0.29) is 12.8 Å². The molecule has 2 saturated heterocycles. The summed E-state index contributed by atoms with van der Waals surface area (Å²) >= 11 is 0. The minimum absolute atomic E-state index is 0.318. The molecular weight excluding hydrogens is 422 g/mol. The standard InChI is InChI=1S/C25H27N3O5/c29-23-9-8-21(24(30)26-23)28-15-20-19(25(28)31)2-1-3-22(20)33-16-18-6-4-17(5-7-18)14-27-10-12-32-13-11-27/h1-7,21H,8-16H2,(H,26,29,30)/t21-/m1/s1/i1D,2D,3D,4D,5D,6D,7D,10D2,11D2,12D2,13D2,14D2,15D2,16D2. The van der Waals surface area contributed by atoms with Gasteiger partial charge < -0.3 is 14.4 Å². The number of morpholine rings is 1. The number of piperidine rings is 1. The number of imide groups is 1. The summed E-state index contributed by atoms with van der Waals surface area (Å²) in [5.41, 5.74) is -4.88. The molecule has 3 aliphatic heterocycles. The van der Waals surface area contributed by atoms with E-state index >= 15 is 0 Å². The molecule has 0 aliphatic carbocycles. The van der Waals surface area contributed by atoms with Crippen molar-refractivity contribution < 1.29 is 52.6 Å². The van der Waals surface area contributed by atoms with Gasteiger partial charge in [0, 0.05) is 45.3 Å². The minimum Gasteiger partial charge on any atom is -0.489 e. The summed E-state index contributed by atoms with van der Waals surface area (Å²) in [5, 5.41) is 1.94. The Balaban J connectivity index is 1.68. The van der Waals surface area contributed by atoms with Crippen LogP contribution < -0.4 is 10.1 Å². The fraction of sp³-hybridized carbons (Fsp3) is 0.400. The molecule has 2 fully saturated rings. The van der Waals surface area contributed by atoms with Crippen LogP contribution in [0.15, 0.2) is 42.3 Å². The molecule has 0 saturated carbocycles.